The van der Waals surface area contributed by atoms with Crippen molar-refractivity contribution in [3.8, 4) is 0 Å². The quantitative estimate of drug-likeness (QED) is 0.821. The molecule has 0 saturated carbocycles. The average molecular weight is 391 g/mol. The summed E-state index contributed by atoms with van der Waals surface area (Å²) in [5.41, 5.74) is 0.165. The number of para-hydroxylation sites is 1. The van der Waals surface area contributed by atoms with Crippen LogP contribution in [-0.2, 0) is 10.0 Å². The summed E-state index contributed by atoms with van der Waals surface area (Å²) in [6.07, 6.45) is 1.71. The van der Waals surface area contributed by atoms with Crippen LogP contribution in [0.15, 0.2) is 53.4 Å². The molecule has 2 aromatic carbocycles. The van der Waals surface area contributed by atoms with Crippen molar-refractivity contribution in [2.75, 3.05) is 24.9 Å². The van der Waals surface area contributed by atoms with Gasteiger partial charge in [-0.2, -0.15) is 0 Å². The number of sulfonamides is 1. The molecule has 27 heavy (non-hydrogen) atoms. The summed E-state index contributed by atoms with van der Waals surface area (Å²) in [5, 5.41) is 3.20. The van der Waals surface area contributed by atoms with Crippen LogP contribution < -0.4 is 10.0 Å². The molecule has 2 aromatic rings. The minimum absolute atomic E-state index is 0.0817. The van der Waals surface area contributed by atoms with Crippen LogP contribution in [0, 0.1) is 5.82 Å². The van der Waals surface area contributed by atoms with Crippen LogP contribution in [0.3, 0.4) is 0 Å². The van der Waals surface area contributed by atoms with Crippen LogP contribution in [0.25, 0.3) is 0 Å². The molecule has 1 aliphatic heterocycles. The summed E-state index contributed by atoms with van der Waals surface area (Å²) in [6.45, 7) is 1.24. The average Bonchev–Trinajstić information content (AvgIpc) is 2.69. The molecule has 1 aliphatic rings. The zero-order valence-electron chi connectivity index (χ0n) is 15.0. The third-order valence-corrected chi connectivity index (χ3v) is 6.06. The van der Waals surface area contributed by atoms with Crippen LogP contribution in [0.1, 0.15) is 23.2 Å². The number of amides is 1. The monoisotopic (exact) mass is 391 g/mol. The van der Waals surface area contributed by atoms with Crippen molar-refractivity contribution in [2.45, 2.75) is 23.8 Å². The number of carbonyl (C=O) groups is 1. The van der Waals surface area contributed by atoms with Crippen LogP contribution in [0.2, 0.25) is 0 Å². The zero-order valence-corrected chi connectivity index (χ0v) is 15.8. The van der Waals surface area contributed by atoms with E-state index >= 15 is 0 Å². The normalized spacial score (nSPS) is 15.6. The number of anilines is 1. The van der Waals surface area contributed by atoms with Gasteiger partial charge in [0.2, 0.25) is 0 Å². The number of benzene rings is 2. The molecule has 0 aromatic heterocycles. The molecule has 1 fully saturated rings. The SMILES string of the molecule is CNC1CCN(C(=O)c2cccc(S(=O)(=O)Nc3ccccc3F)c2)CC1. The van der Waals surface area contributed by atoms with E-state index in [2.05, 4.69) is 10.0 Å². The highest BCUT2D eigenvalue weighted by Gasteiger charge is 2.24. The van der Waals surface area contributed by atoms with E-state index < -0.39 is 15.8 Å². The molecule has 1 amide bonds. The van der Waals surface area contributed by atoms with Gasteiger partial charge in [0.1, 0.15) is 5.82 Å². The molecule has 144 valence electrons. The lowest BCUT2D eigenvalue weighted by atomic mass is 10.0. The van der Waals surface area contributed by atoms with E-state index in [9.17, 15) is 17.6 Å². The van der Waals surface area contributed by atoms with Crippen LogP contribution >= 0.6 is 0 Å². The number of halogens is 1. The van der Waals surface area contributed by atoms with Crippen molar-refractivity contribution in [1.82, 2.24) is 10.2 Å². The Kier molecular flexibility index (Phi) is 5.76. The first-order valence-electron chi connectivity index (χ1n) is 8.74. The Morgan fingerprint density at radius 3 is 2.48 bits per heavy atom. The highest BCUT2D eigenvalue weighted by molar-refractivity contribution is 7.92. The van der Waals surface area contributed by atoms with Gasteiger partial charge in [-0.25, -0.2) is 12.8 Å². The van der Waals surface area contributed by atoms with Crippen LogP contribution in [0.4, 0.5) is 10.1 Å². The maximum Gasteiger partial charge on any atom is 0.262 e. The van der Waals surface area contributed by atoms with Gasteiger partial charge in [0, 0.05) is 24.7 Å². The standard InChI is InChI=1S/C19H22FN3O3S/c1-21-15-9-11-23(12-10-15)19(24)14-5-4-6-16(13-14)27(25,26)22-18-8-3-2-7-17(18)20/h2-8,13,15,21-22H,9-12H2,1H3. The van der Waals surface area contributed by atoms with E-state index in [-0.39, 0.29) is 16.5 Å². The molecule has 0 bridgehead atoms. The predicted octanol–water partition coefficient (Wildman–Crippen LogP) is 2.45. The van der Waals surface area contributed by atoms with Crippen LogP contribution in [0.5, 0.6) is 0 Å². The van der Waals surface area contributed by atoms with Crippen molar-refractivity contribution in [1.29, 1.82) is 0 Å². The Balaban J connectivity index is 1.79. The lowest BCUT2D eigenvalue weighted by Crippen LogP contribution is -2.44. The summed E-state index contributed by atoms with van der Waals surface area (Å²) < 4.78 is 41.1. The molecule has 0 radical (unpaired) electrons. The fraction of sp³-hybridized carbons (Fsp3) is 0.316. The van der Waals surface area contributed by atoms with Gasteiger partial charge >= 0.3 is 0 Å². The van der Waals surface area contributed by atoms with E-state index in [1.807, 2.05) is 7.05 Å². The molecule has 0 spiro atoms. The van der Waals surface area contributed by atoms with E-state index in [0.29, 0.717) is 24.7 Å². The summed E-state index contributed by atoms with van der Waals surface area (Å²) >= 11 is 0. The largest absolute Gasteiger partial charge is 0.339 e. The molecule has 3 rings (SSSR count). The molecular formula is C19H22FN3O3S. The Morgan fingerprint density at radius 2 is 1.81 bits per heavy atom. The summed E-state index contributed by atoms with van der Waals surface area (Å²) in [6, 6.07) is 11.7. The lowest BCUT2D eigenvalue weighted by molar-refractivity contribution is 0.0707. The molecule has 2 N–H and O–H groups in total. The zero-order chi connectivity index (χ0) is 19.4. The van der Waals surface area contributed by atoms with Gasteiger partial charge in [-0.3, -0.25) is 9.52 Å². The van der Waals surface area contributed by atoms with Crippen molar-refractivity contribution < 1.29 is 17.6 Å². The smallest absolute Gasteiger partial charge is 0.262 e. The second-order valence-electron chi connectivity index (χ2n) is 6.47. The lowest BCUT2D eigenvalue weighted by Gasteiger charge is -2.31. The van der Waals surface area contributed by atoms with E-state index in [1.54, 1.807) is 11.0 Å². The first-order valence-corrected chi connectivity index (χ1v) is 10.2. The van der Waals surface area contributed by atoms with Crippen molar-refractivity contribution in [2.24, 2.45) is 0 Å². The molecule has 6 nitrogen and oxygen atoms in total. The third kappa shape index (κ3) is 4.45. The highest BCUT2D eigenvalue weighted by atomic mass is 32.2. The molecule has 0 atom stereocenters. The number of hydrogen-bond donors (Lipinski definition) is 2. The number of rotatable bonds is 5. The Hall–Kier alpha value is -2.45. The number of nitrogens with zero attached hydrogens (tertiary/aromatic N) is 1. The molecular weight excluding hydrogens is 369 g/mol. The molecule has 1 saturated heterocycles. The number of nitrogens with one attached hydrogen (secondary N) is 2. The van der Waals surface area contributed by atoms with Gasteiger partial charge in [-0.15, -0.1) is 0 Å². The predicted molar refractivity (Wildman–Crippen MR) is 102 cm³/mol. The van der Waals surface area contributed by atoms with E-state index in [4.69, 9.17) is 0 Å². The van der Waals surface area contributed by atoms with Gasteiger partial charge in [-0.05, 0) is 50.2 Å². The highest BCUT2D eigenvalue weighted by Crippen LogP contribution is 2.21. The second-order valence-corrected chi connectivity index (χ2v) is 8.15. The van der Waals surface area contributed by atoms with Gasteiger partial charge in [0.25, 0.3) is 15.9 Å². The maximum atomic E-state index is 13.8. The minimum atomic E-state index is -4.01. The topological polar surface area (TPSA) is 78.5 Å². The summed E-state index contributed by atoms with van der Waals surface area (Å²) in [7, 11) is -2.10. The second kappa shape index (κ2) is 8.06. The number of likely N-dealkylation sites (tertiary alicyclic amines) is 1. The molecule has 1 heterocycles. The first kappa shape index (κ1) is 19.3. The Morgan fingerprint density at radius 1 is 1.11 bits per heavy atom. The van der Waals surface area contributed by atoms with Gasteiger partial charge in [-0.1, -0.05) is 18.2 Å². The van der Waals surface area contributed by atoms with Gasteiger partial charge < -0.3 is 10.2 Å². The number of carbonyl (C=O) groups excluding carboxylic acids is 1. The molecule has 0 aliphatic carbocycles. The number of piperidine rings is 1. The maximum absolute atomic E-state index is 13.8. The van der Waals surface area contributed by atoms with Crippen LogP contribution in [-0.4, -0.2) is 45.4 Å². The summed E-state index contributed by atoms with van der Waals surface area (Å²) in [5.74, 6) is -0.867. The van der Waals surface area contributed by atoms with Crippen molar-refractivity contribution in [3.63, 3.8) is 0 Å². The van der Waals surface area contributed by atoms with Gasteiger partial charge in [0.15, 0.2) is 0 Å². The Labute approximate surface area is 158 Å². The van der Waals surface area contributed by atoms with E-state index in [1.165, 1.54) is 42.5 Å². The van der Waals surface area contributed by atoms with E-state index in [0.717, 1.165) is 12.8 Å². The van der Waals surface area contributed by atoms with Gasteiger partial charge in [0.05, 0.1) is 10.6 Å². The summed E-state index contributed by atoms with van der Waals surface area (Å²) in [4.78, 5) is 14.4. The van der Waals surface area contributed by atoms with Crippen molar-refractivity contribution >= 4 is 21.6 Å². The fourth-order valence-electron chi connectivity index (χ4n) is 3.10. The third-order valence-electron chi connectivity index (χ3n) is 4.70. The van der Waals surface area contributed by atoms with Crippen molar-refractivity contribution in [3.05, 3.63) is 59.9 Å². The molecule has 0 unspecified atom stereocenters. The number of hydrogen-bond acceptors (Lipinski definition) is 4. The Bertz CT molecular complexity index is 925. The minimum Gasteiger partial charge on any atom is -0.339 e. The first-order chi connectivity index (χ1) is 12.9. The molecule has 8 heteroatoms. The fourth-order valence-corrected chi connectivity index (χ4v) is 4.21.